The minimum atomic E-state index is -0.284. The van der Waals surface area contributed by atoms with Gasteiger partial charge in [-0.25, -0.2) is 4.90 Å². The molecule has 0 radical (unpaired) electrons. The molecular weight excluding hydrogens is 428 g/mol. The largest absolute Gasteiger partial charge is 0.272 e. The second-order valence-electron chi connectivity index (χ2n) is 10.2. The second-order valence-corrected chi connectivity index (χ2v) is 10.2. The van der Waals surface area contributed by atoms with Crippen LogP contribution in [0.3, 0.4) is 0 Å². The molecule has 2 aliphatic carbocycles. The Bertz CT molecular complexity index is 1040. The van der Waals surface area contributed by atoms with E-state index in [9.17, 15) is 19.2 Å². The summed E-state index contributed by atoms with van der Waals surface area (Å²) in [6.45, 7) is 1.93. The number of rotatable bonds is 5. The van der Waals surface area contributed by atoms with Crippen molar-refractivity contribution in [1.82, 2.24) is 4.90 Å². The van der Waals surface area contributed by atoms with E-state index in [0.29, 0.717) is 29.5 Å². The molecule has 178 valence electrons. The van der Waals surface area contributed by atoms with Gasteiger partial charge in [0.1, 0.15) is 0 Å². The van der Waals surface area contributed by atoms with Gasteiger partial charge in [0, 0.05) is 29.8 Å². The fourth-order valence-electron chi connectivity index (χ4n) is 6.44. The lowest BCUT2D eigenvalue weighted by atomic mass is 9.69. The Hall–Kier alpha value is -3.02. The molecule has 34 heavy (non-hydrogen) atoms. The first kappa shape index (κ1) is 22.8. The summed E-state index contributed by atoms with van der Waals surface area (Å²) in [5, 5.41) is 0. The molecule has 0 unspecified atom stereocenters. The fraction of sp³-hybridized carbons (Fsp3) is 0.500. The van der Waals surface area contributed by atoms with E-state index < -0.39 is 0 Å². The maximum Gasteiger partial charge on any atom is 0.258 e. The first-order valence-electron chi connectivity index (χ1n) is 12.7. The quantitative estimate of drug-likeness (QED) is 0.600. The number of imide groups is 2. The Balaban J connectivity index is 1.12. The number of hydrogen-bond donors (Lipinski definition) is 0. The number of anilines is 1. The second kappa shape index (κ2) is 9.32. The van der Waals surface area contributed by atoms with Crippen LogP contribution in [0.1, 0.15) is 76.2 Å². The van der Waals surface area contributed by atoms with Crippen molar-refractivity contribution in [1.29, 1.82) is 0 Å². The summed E-state index contributed by atoms with van der Waals surface area (Å²) in [5.41, 5.74) is 2.56. The van der Waals surface area contributed by atoms with E-state index in [1.807, 2.05) is 19.1 Å². The van der Waals surface area contributed by atoms with Gasteiger partial charge in [0.2, 0.25) is 0 Å². The van der Waals surface area contributed by atoms with Crippen LogP contribution < -0.4 is 4.90 Å². The van der Waals surface area contributed by atoms with Gasteiger partial charge in [-0.2, -0.15) is 0 Å². The van der Waals surface area contributed by atoms with Crippen molar-refractivity contribution < 1.29 is 19.2 Å². The summed E-state index contributed by atoms with van der Waals surface area (Å²) < 4.78 is 0. The van der Waals surface area contributed by atoms with Crippen LogP contribution in [0, 0.1) is 11.8 Å². The highest BCUT2D eigenvalue weighted by molar-refractivity contribution is 6.28. The molecule has 0 spiro atoms. The number of hydrogen-bond acceptors (Lipinski definition) is 4. The van der Waals surface area contributed by atoms with Gasteiger partial charge in [0.05, 0.1) is 5.69 Å². The van der Waals surface area contributed by atoms with Crippen LogP contribution in [-0.2, 0) is 19.2 Å². The highest BCUT2D eigenvalue weighted by Gasteiger charge is 2.39. The molecule has 4 aliphatic rings. The zero-order valence-electron chi connectivity index (χ0n) is 19.7. The highest BCUT2D eigenvalue weighted by atomic mass is 16.2. The molecule has 4 amide bonds. The molecule has 2 saturated carbocycles. The smallest absolute Gasteiger partial charge is 0.258 e. The molecule has 6 heteroatoms. The maximum atomic E-state index is 12.5. The van der Waals surface area contributed by atoms with Gasteiger partial charge in [0.15, 0.2) is 0 Å². The standard InChI is InChI=1S/C28H32N2O4/c1-2-18-17-27(33)30(28(18)34)24-13-9-22(10-14-24)20-5-3-19(4-6-20)21-7-11-23(12-8-21)29-25(31)15-16-26(29)32/h7-8,11-12,15-17,19-20,22,24H,2-6,9-10,13-14H2,1H3. The van der Waals surface area contributed by atoms with E-state index in [0.717, 1.165) is 44.4 Å². The van der Waals surface area contributed by atoms with Gasteiger partial charge in [-0.1, -0.05) is 19.1 Å². The van der Waals surface area contributed by atoms with Gasteiger partial charge in [-0.05, 0) is 93.2 Å². The SMILES string of the molecule is CCC1=CC(=O)N(C2CCC(C3CCC(c4ccc(N5C(=O)C=CC5=O)cc4)CC3)CC2)C1=O. The van der Waals surface area contributed by atoms with E-state index in [2.05, 4.69) is 12.1 Å². The zero-order valence-corrected chi connectivity index (χ0v) is 19.7. The molecule has 6 nitrogen and oxygen atoms in total. The monoisotopic (exact) mass is 460 g/mol. The topological polar surface area (TPSA) is 74.8 Å². The summed E-state index contributed by atoms with van der Waals surface area (Å²) in [5.74, 6) is 1.16. The predicted molar refractivity (Wildman–Crippen MR) is 129 cm³/mol. The Morgan fingerprint density at radius 1 is 0.735 bits per heavy atom. The van der Waals surface area contributed by atoms with Crippen LogP contribution in [0.15, 0.2) is 48.1 Å². The minimum absolute atomic E-state index is 0.0657. The van der Waals surface area contributed by atoms with E-state index in [-0.39, 0.29) is 29.7 Å². The van der Waals surface area contributed by atoms with Crippen LogP contribution >= 0.6 is 0 Å². The van der Waals surface area contributed by atoms with Crippen LogP contribution in [0.25, 0.3) is 0 Å². The first-order chi connectivity index (χ1) is 16.5. The lowest BCUT2D eigenvalue weighted by molar-refractivity contribution is -0.141. The van der Waals surface area contributed by atoms with Gasteiger partial charge in [-0.3, -0.25) is 24.1 Å². The summed E-state index contributed by atoms with van der Waals surface area (Å²) >= 11 is 0. The average Bonchev–Trinajstić information content (AvgIpc) is 3.36. The van der Waals surface area contributed by atoms with Crippen molar-refractivity contribution >= 4 is 29.3 Å². The molecular formula is C28H32N2O4. The lowest BCUT2D eigenvalue weighted by Gasteiger charge is -2.39. The molecule has 2 heterocycles. The number of carbonyl (C=O) groups is 4. The van der Waals surface area contributed by atoms with Crippen LogP contribution in [-0.4, -0.2) is 34.6 Å². The van der Waals surface area contributed by atoms with Crippen LogP contribution in [0.5, 0.6) is 0 Å². The molecule has 0 bridgehead atoms. The minimum Gasteiger partial charge on any atom is -0.272 e. The van der Waals surface area contributed by atoms with Gasteiger partial charge < -0.3 is 0 Å². The number of carbonyl (C=O) groups excluding carboxylic acids is 4. The van der Waals surface area contributed by atoms with Crippen molar-refractivity contribution in [3.8, 4) is 0 Å². The van der Waals surface area contributed by atoms with Crippen LogP contribution in [0.2, 0.25) is 0 Å². The molecule has 2 fully saturated rings. The zero-order chi connectivity index (χ0) is 23.8. The Labute approximate surface area is 200 Å². The molecule has 0 aromatic heterocycles. The van der Waals surface area contributed by atoms with Crippen molar-refractivity contribution in [2.75, 3.05) is 4.90 Å². The third-order valence-corrected chi connectivity index (χ3v) is 8.39. The summed E-state index contributed by atoms with van der Waals surface area (Å²) in [6.07, 6.45) is 13.5. The highest BCUT2D eigenvalue weighted by Crippen LogP contribution is 2.44. The number of nitrogens with zero attached hydrogens (tertiary/aromatic N) is 2. The Kier molecular flexibility index (Phi) is 6.24. The summed E-state index contributed by atoms with van der Waals surface area (Å²) in [6, 6.07) is 7.95. The first-order valence-corrected chi connectivity index (χ1v) is 12.7. The van der Waals surface area contributed by atoms with Gasteiger partial charge in [0.25, 0.3) is 23.6 Å². The van der Waals surface area contributed by atoms with Gasteiger partial charge in [-0.15, -0.1) is 0 Å². The third kappa shape index (κ3) is 4.15. The Morgan fingerprint density at radius 2 is 1.29 bits per heavy atom. The Morgan fingerprint density at radius 3 is 1.82 bits per heavy atom. The maximum absolute atomic E-state index is 12.5. The molecule has 0 atom stereocenters. The van der Waals surface area contributed by atoms with E-state index in [1.165, 1.54) is 46.4 Å². The molecule has 0 saturated heterocycles. The summed E-state index contributed by atoms with van der Waals surface area (Å²) in [4.78, 5) is 51.4. The number of benzene rings is 1. The van der Waals surface area contributed by atoms with Crippen molar-refractivity contribution in [2.24, 2.45) is 11.8 Å². The third-order valence-electron chi connectivity index (χ3n) is 8.39. The molecule has 0 N–H and O–H groups in total. The van der Waals surface area contributed by atoms with Crippen LogP contribution in [0.4, 0.5) is 5.69 Å². The average molecular weight is 461 g/mol. The molecule has 1 aromatic carbocycles. The molecule has 5 rings (SSSR count). The van der Waals surface area contributed by atoms with E-state index in [4.69, 9.17) is 0 Å². The molecule has 2 aliphatic heterocycles. The number of amides is 4. The van der Waals surface area contributed by atoms with Crippen molar-refractivity contribution in [3.05, 3.63) is 53.6 Å². The predicted octanol–water partition coefficient (Wildman–Crippen LogP) is 4.65. The molecule has 1 aromatic rings. The van der Waals surface area contributed by atoms with E-state index >= 15 is 0 Å². The summed E-state index contributed by atoms with van der Waals surface area (Å²) in [7, 11) is 0. The normalized spacial score (nSPS) is 29.9. The van der Waals surface area contributed by atoms with Gasteiger partial charge >= 0.3 is 0 Å². The lowest BCUT2D eigenvalue weighted by Crippen LogP contribution is -2.43. The van der Waals surface area contributed by atoms with Crippen molar-refractivity contribution in [2.45, 2.75) is 76.7 Å². The fourth-order valence-corrected chi connectivity index (χ4v) is 6.44. The van der Waals surface area contributed by atoms with E-state index in [1.54, 1.807) is 0 Å². The van der Waals surface area contributed by atoms with Crippen molar-refractivity contribution in [3.63, 3.8) is 0 Å².